The number of halogens is 2. The van der Waals surface area contributed by atoms with Crippen molar-refractivity contribution in [2.45, 2.75) is 6.04 Å². The van der Waals surface area contributed by atoms with E-state index in [9.17, 15) is 0 Å². The summed E-state index contributed by atoms with van der Waals surface area (Å²) in [6.07, 6.45) is 1.66. The Morgan fingerprint density at radius 3 is 2.69 bits per heavy atom. The van der Waals surface area contributed by atoms with E-state index in [2.05, 4.69) is 25.2 Å². The number of fused-ring (bicyclic) bond motifs is 1. The highest BCUT2D eigenvalue weighted by molar-refractivity contribution is 6.42. The zero-order valence-corrected chi connectivity index (χ0v) is 20.6. The van der Waals surface area contributed by atoms with Crippen molar-refractivity contribution in [3.05, 3.63) is 58.2 Å². The third-order valence-corrected chi connectivity index (χ3v) is 6.77. The maximum absolute atomic E-state index is 6.59. The van der Waals surface area contributed by atoms with E-state index < -0.39 is 0 Å². The lowest BCUT2D eigenvalue weighted by atomic mass is 10.0. The van der Waals surface area contributed by atoms with Crippen LogP contribution in [0.4, 0.5) is 11.8 Å². The molecule has 1 atom stereocenters. The number of nitrogen functional groups attached to an aromatic ring is 1. The van der Waals surface area contributed by atoms with Crippen molar-refractivity contribution in [1.82, 2.24) is 25.3 Å². The Kier molecular flexibility index (Phi) is 6.46. The summed E-state index contributed by atoms with van der Waals surface area (Å²) >= 11 is 12.9. The van der Waals surface area contributed by atoms with Crippen LogP contribution >= 0.6 is 23.2 Å². The minimum atomic E-state index is -0.140. The van der Waals surface area contributed by atoms with Gasteiger partial charge in [0.15, 0.2) is 28.5 Å². The first-order chi connectivity index (χ1) is 17.0. The third kappa shape index (κ3) is 4.38. The van der Waals surface area contributed by atoms with Crippen LogP contribution in [0.2, 0.25) is 10.0 Å². The predicted octanol–water partition coefficient (Wildman–Crippen LogP) is 4.14. The SMILES string of the molecule is COc1ccc(-c2cnc3nc(N)nc(N4CCNCC4c4cccc(Cl)c4Cl)c3n2)cc1OC. The second kappa shape index (κ2) is 9.69. The molecule has 2 aromatic carbocycles. The van der Waals surface area contributed by atoms with Crippen LogP contribution in [0.25, 0.3) is 22.4 Å². The molecular weight excluding hydrogens is 489 g/mol. The number of nitrogens with one attached hydrogen (secondary N) is 1. The summed E-state index contributed by atoms with van der Waals surface area (Å²) in [6.45, 7) is 2.05. The molecule has 1 saturated heterocycles. The van der Waals surface area contributed by atoms with Gasteiger partial charge >= 0.3 is 0 Å². The van der Waals surface area contributed by atoms with E-state index in [0.29, 0.717) is 57.3 Å². The van der Waals surface area contributed by atoms with Gasteiger partial charge in [-0.25, -0.2) is 9.97 Å². The summed E-state index contributed by atoms with van der Waals surface area (Å²) in [6, 6.07) is 11.1. The Morgan fingerprint density at radius 2 is 1.89 bits per heavy atom. The Morgan fingerprint density at radius 1 is 1.06 bits per heavy atom. The summed E-state index contributed by atoms with van der Waals surface area (Å²) in [5, 5.41) is 4.43. The number of anilines is 2. The van der Waals surface area contributed by atoms with Gasteiger partial charge in [0.1, 0.15) is 0 Å². The van der Waals surface area contributed by atoms with Crippen LogP contribution in [0.15, 0.2) is 42.6 Å². The summed E-state index contributed by atoms with van der Waals surface area (Å²) in [5.41, 5.74) is 9.37. The van der Waals surface area contributed by atoms with Gasteiger partial charge in [-0.15, -0.1) is 0 Å². The summed E-state index contributed by atoms with van der Waals surface area (Å²) < 4.78 is 10.8. The first kappa shape index (κ1) is 23.3. The molecule has 3 heterocycles. The molecule has 180 valence electrons. The molecule has 35 heavy (non-hydrogen) atoms. The van der Waals surface area contributed by atoms with Crippen molar-refractivity contribution in [2.75, 3.05) is 44.5 Å². The average Bonchev–Trinajstić information content (AvgIpc) is 2.89. The Hall–Kier alpha value is -3.40. The number of nitrogens with zero attached hydrogens (tertiary/aromatic N) is 5. The van der Waals surface area contributed by atoms with E-state index >= 15 is 0 Å². The molecule has 0 spiro atoms. The lowest BCUT2D eigenvalue weighted by Gasteiger charge is -2.38. The summed E-state index contributed by atoms with van der Waals surface area (Å²) in [5.74, 6) is 1.93. The second-order valence-corrected chi connectivity index (χ2v) is 8.74. The molecule has 2 aromatic heterocycles. The van der Waals surface area contributed by atoms with Crippen molar-refractivity contribution in [3.8, 4) is 22.8 Å². The average molecular weight is 512 g/mol. The van der Waals surface area contributed by atoms with Gasteiger partial charge in [0.05, 0.1) is 42.2 Å². The minimum Gasteiger partial charge on any atom is -0.493 e. The number of ether oxygens (including phenoxy) is 2. The number of benzene rings is 2. The molecule has 1 aliphatic rings. The number of aromatic nitrogens is 4. The van der Waals surface area contributed by atoms with Gasteiger partial charge in [-0.1, -0.05) is 35.3 Å². The number of hydrogen-bond acceptors (Lipinski definition) is 9. The van der Waals surface area contributed by atoms with Crippen LogP contribution in [-0.2, 0) is 0 Å². The maximum Gasteiger partial charge on any atom is 0.224 e. The molecule has 0 radical (unpaired) electrons. The smallest absolute Gasteiger partial charge is 0.224 e. The predicted molar refractivity (Wildman–Crippen MR) is 137 cm³/mol. The number of methoxy groups -OCH3 is 2. The molecule has 4 aromatic rings. The first-order valence-corrected chi connectivity index (χ1v) is 11.7. The standard InChI is InChI=1S/C24H23Cl2N7O2/c1-34-18-7-6-13(10-19(18)35-2)16-11-29-22-21(30-16)23(32-24(27)31-22)33-9-8-28-12-17(33)14-4-3-5-15(25)20(14)26/h3-7,10-11,17,28H,8-9,12H2,1-2H3,(H2,27,29,31,32). The lowest BCUT2D eigenvalue weighted by molar-refractivity contribution is 0.355. The molecule has 0 aliphatic carbocycles. The van der Waals surface area contributed by atoms with Gasteiger partial charge in [0, 0.05) is 25.2 Å². The van der Waals surface area contributed by atoms with Crippen molar-refractivity contribution in [1.29, 1.82) is 0 Å². The molecular formula is C24H23Cl2N7O2. The van der Waals surface area contributed by atoms with Crippen LogP contribution in [0.3, 0.4) is 0 Å². The highest BCUT2D eigenvalue weighted by Crippen LogP contribution is 2.38. The van der Waals surface area contributed by atoms with Gasteiger partial charge in [-0.2, -0.15) is 9.97 Å². The van der Waals surface area contributed by atoms with Crippen LogP contribution < -0.4 is 25.4 Å². The molecule has 0 bridgehead atoms. The van der Waals surface area contributed by atoms with E-state index in [1.54, 1.807) is 26.5 Å². The minimum absolute atomic E-state index is 0.121. The largest absolute Gasteiger partial charge is 0.493 e. The van der Waals surface area contributed by atoms with Crippen molar-refractivity contribution in [3.63, 3.8) is 0 Å². The summed E-state index contributed by atoms with van der Waals surface area (Å²) in [7, 11) is 3.19. The van der Waals surface area contributed by atoms with E-state index in [1.807, 2.05) is 30.3 Å². The topological polar surface area (TPSA) is 111 Å². The molecule has 1 unspecified atom stereocenters. The first-order valence-electron chi connectivity index (χ1n) is 10.9. The van der Waals surface area contributed by atoms with Gasteiger partial charge < -0.3 is 25.4 Å². The Bertz CT molecular complexity index is 1400. The third-order valence-electron chi connectivity index (χ3n) is 5.94. The number of nitrogens with two attached hydrogens (primary N) is 1. The van der Waals surface area contributed by atoms with E-state index in [-0.39, 0.29) is 12.0 Å². The highest BCUT2D eigenvalue weighted by Gasteiger charge is 2.30. The van der Waals surface area contributed by atoms with Crippen molar-refractivity contribution < 1.29 is 9.47 Å². The van der Waals surface area contributed by atoms with Gasteiger partial charge in [-0.3, -0.25) is 0 Å². The monoisotopic (exact) mass is 511 g/mol. The van der Waals surface area contributed by atoms with E-state index in [4.69, 9.17) is 43.4 Å². The van der Waals surface area contributed by atoms with E-state index in [0.717, 1.165) is 17.7 Å². The molecule has 9 nitrogen and oxygen atoms in total. The highest BCUT2D eigenvalue weighted by atomic mass is 35.5. The van der Waals surface area contributed by atoms with E-state index in [1.165, 1.54) is 0 Å². The van der Waals surface area contributed by atoms with Crippen molar-refractivity contribution in [2.24, 2.45) is 0 Å². The molecule has 1 fully saturated rings. The van der Waals surface area contributed by atoms with Crippen LogP contribution in [0, 0.1) is 0 Å². The van der Waals surface area contributed by atoms with Crippen LogP contribution in [0.5, 0.6) is 11.5 Å². The summed E-state index contributed by atoms with van der Waals surface area (Å²) in [4.78, 5) is 20.5. The lowest BCUT2D eigenvalue weighted by Crippen LogP contribution is -2.46. The number of rotatable bonds is 5. The maximum atomic E-state index is 6.59. The molecule has 0 saturated carbocycles. The molecule has 11 heteroatoms. The molecule has 3 N–H and O–H groups in total. The molecule has 0 amide bonds. The van der Waals surface area contributed by atoms with Gasteiger partial charge in [-0.05, 0) is 29.8 Å². The normalized spacial score (nSPS) is 15.9. The fourth-order valence-electron chi connectivity index (χ4n) is 4.26. The zero-order valence-electron chi connectivity index (χ0n) is 19.1. The fraction of sp³-hybridized carbons (Fsp3) is 0.250. The zero-order chi connectivity index (χ0) is 24.5. The van der Waals surface area contributed by atoms with Crippen LogP contribution in [-0.4, -0.2) is 53.8 Å². The van der Waals surface area contributed by atoms with Gasteiger partial charge in [0.25, 0.3) is 0 Å². The molecule has 1 aliphatic heterocycles. The quantitative estimate of drug-likeness (QED) is 0.408. The molecule has 5 rings (SSSR count). The van der Waals surface area contributed by atoms with Crippen LogP contribution in [0.1, 0.15) is 11.6 Å². The number of piperazine rings is 1. The van der Waals surface area contributed by atoms with Crippen molar-refractivity contribution >= 4 is 46.1 Å². The number of hydrogen-bond donors (Lipinski definition) is 2. The Labute approximate surface area is 212 Å². The van der Waals surface area contributed by atoms with Gasteiger partial charge in [0.2, 0.25) is 5.95 Å². The Balaban J connectivity index is 1.65. The fourth-order valence-corrected chi connectivity index (χ4v) is 4.69. The second-order valence-electron chi connectivity index (χ2n) is 7.96.